The van der Waals surface area contributed by atoms with Crippen LogP contribution in [0.1, 0.15) is 12.5 Å². The lowest BCUT2D eigenvalue weighted by molar-refractivity contribution is 0.260. The number of aliphatic hydroxyl groups excluding tert-OH is 1. The van der Waals surface area contributed by atoms with Gasteiger partial charge in [0.15, 0.2) is 0 Å². The van der Waals surface area contributed by atoms with Crippen LogP contribution in [0.15, 0.2) is 24.3 Å². The van der Waals surface area contributed by atoms with E-state index in [9.17, 15) is 4.39 Å². The number of halogens is 1. The van der Waals surface area contributed by atoms with Crippen molar-refractivity contribution in [3.63, 3.8) is 0 Å². The van der Waals surface area contributed by atoms with Crippen molar-refractivity contribution >= 4 is 0 Å². The van der Waals surface area contributed by atoms with Crippen LogP contribution < -0.4 is 11.1 Å². The number of hydrogen-bond acceptors (Lipinski definition) is 3. The van der Waals surface area contributed by atoms with Gasteiger partial charge < -0.3 is 16.2 Å². The van der Waals surface area contributed by atoms with Crippen molar-refractivity contribution in [1.29, 1.82) is 0 Å². The quantitative estimate of drug-likeness (QED) is 0.668. The molecule has 0 saturated carbocycles. The molecule has 0 saturated heterocycles. The van der Waals surface area contributed by atoms with E-state index in [2.05, 4.69) is 5.32 Å². The van der Waals surface area contributed by atoms with Gasteiger partial charge in [-0.05, 0) is 31.0 Å². The molecule has 0 radical (unpaired) electrons. The average molecular weight is 226 g/mol. The van der Waals surface area contributed by atoms with Gasteiger partial charge in [0, 0.05) is 18.6 Å². The molecule has 0 fully saturated rings. The molecule has 16 heavy (non-hydrogen) atoms. The van der Waals surface area contributed by atoms with Crippen molar-refractivity contribution < 1.29 is 9.50 Å². The second-order valence-corrected chi connectivity index (χ2v) is 4.22. The van der Waals surface area contributed by atoms with Gasteiger partial charge in [-0.15, -0.1) is 0 Å². The van der Waals surface area contributed by atoms with Crippen LogP contribution in [-0.4, -0.2) is 30.3 Å². The second kappa shape index (κ2) is 5.94. The second-order valence-electron chi connectivity index (χ2n) is 4.22. The van der Waals surface area contributed by atoms with E-state index in [1.807, 2.05) is 6.92 Å². The third-order valence-corrected chi connectivity index (χ3v) is 2.62. The van der Waals surface area contributed by atoms with Crippen molar-refractivity contribution in [2.45, 2.75) is 18.9 Å². The van der Waals surface area contributed by atoms with Crippen LogP contribution in [-0.2, 0) is 6.42 Å². The molecule has 4 heteroatoms. The Morgan fingerprint density at radius 1 is 1.38 bits per heavy atom. The Hall–Kier alpha value is -0.970. The molecule has 0 aliphatic carbocycles. The highest BCUT2D eigenvalue weighted by Crippen LogP contribution is 2.12. The van der Waals surface area contributed by atoms with E-state index in [0.29, 0.717) is 19.5 Å². The van der Waals surface area contributed by atoms with Crippen LogP contribution in [0, 0.1) is 5.82 Å². The van der Waals surface area contributed by atoms with E-state index < -0.39 is 0 Å². The number of benzene rings is 1. The molecule has 0 bridgehead atoms. The normalized spacial score (nSPS) is 14.8. The molecule has 0 aromatic heterocycles. The van der Waals surface area contributed by atoms with Crippen LogP contribution in [0.5, 0.6) is 0 Å². The highest BCUT2D eigenvalue weighted by molar-refractivity contribution is 5.18. The molecular formula is C12H19FN2O. The molecule has 1 aromatic carbocycles. The van der Waals surface area contributed by atoms with E-state index in [1.54, 1.807) is 12.1 Å². The van der Waals surface area contributed by atoms with Gasteiger partial charge in [-0.25, -0.2) is 4.39 Å². The molecule has 1 rings (SSSR count). The minimum atomic E-state index is -0.263. The lowest BCUT2D eigenvalue weighted by Crippen LogP contribution is -2.51. The first-order valence-corrected chi connectivity index (χ1v) is 5.40. The molecule has 0 amide bonds. The predicted octanol–water partition coefficient (Wildman–Crippen LogP) is 0.667. The Labute approximate surface area is 95.5 Å². The highest BCUT2D eigenvalue weighted by atomic mass is 19.1. The molecule has 1 unspecified atom stereocenters. The molecule has 1 aromatic rings. The minimum Gasteiger partial charge on any atom is -0.395 e. The Balaban J connectivity index is 2.64. The lowest BCUT2D eigenvalue weighted by atomic mass is 9.93. The Morgan fingerprint density at radius 3 is 2.50 bits per heavy atom. The van der Waals surface area contributed by atoms with Gasteiger partial charge in [-0.2, -0.15) is 0 Å². The molecule has 1 atom stereocenters. The first-order valence-electron chi connectivity index (χ1n) is 5.40. The van der Waals surface area contributed by atoms with Crippen LogP contribution >= 0.6 is 0 Å². The van der Waals surface area contributed by atoms with Gasteiger partial charge in [0.1, 0.15) is 5.82 Å². The smallest absolute Gasteiger partial charge is 0.123 e. The number of nitrogens with two attached hydrogens (primary N) is 1. The Kier molecular flexibility index (Phi) is 4.86. The van der Waals surface area contributed by atoms with Gasteiger partial charge in [0.25, 0.3) is 0 Å². The van der Waals surface area contributed by atoms with Gasteiger partial charge in [0.05, 0.1) is 6.61 Å². The first kappa shape index (κ1) is 13.1. The maximum atomic E-state index is 12.7. The maximum Gasteiger partial charge on any atom is 0.123 e. The lowest BCUT2D eigenvalue weighted by Gasteiger charge is -2.29. The zero-order valence-corrected chi connectivity index (χ0v) is 9.54. The van der Waals surface area contributed by atoms with E-state index in [1.165, 1.54) is 12.1 Å². The summed E-state index contributed by atoms with van der Waals surface area (Å²) in [5.74, 6) is -0.235. The standard InChI is InChI=1S/C12H19FN2O/c1-12(9-14,15-6-7-16)8-10-2-4-11(13)5-3-10/h2-5,15-16H,6-9,14H2,1H3. The fourth-order valence-corrected chi connectivity index (χ4v) is 1.62. The summed E-state index contributed by atoms with van der Waals surface area (Å²) in [5.41, 5.74) is 6.47. The van der Waals surface area contributed by atoms with E-state index in [4.69, 9.17) is 10.8 Å². The van der Waals surface area contributed by atoms with Crippen LogP contribution in [0.3, 0.4) is 0 Å². The predicted molar refractivity (Wildman–Crippen MR) is 62.7 cm³/mol. The number of hydrogen-bond donors (Lipinski definition) is 3. The molecule has 0 spiro atoms. The monoisotopic (exact) mass is 226 g/mol. The van der Waals surface area contributed by atoms with Crippen molar-refractivity contribution in [3.8, 4) is 0 Å². The molecule has 0 aliphatic rings. The van der Waals surface area contributed by atoms with E-state index in [0.717, 1.165) is 5.56 Å². The number of nitrogens with one attached hydrogen (secondary N) is 1. The molecule has 90 valence electrons. The summed E-state index contributed by atoms with van der Waals surface area (Å²) >= 11 is 0. The summed E-state index contributed by atoms with van der Waals surface area (Å²) in [6.07, 6.45) is 0.712. The molecule has 4 N–H and O–H groups in total. The summed E-state index contributed by atoms with van der Waals surface area (Å²) in [4.78, 5) is 0. The number of aliphatic hydroxyl groups is 1. The van der Waals surface area contributed by atoms with Gasteiger partial charge in [-0.1, -0.05) is 12.1 Å². The van der Waals surface area contributed by atoms with Gasteiger partial charge in [-0.3, -0.25) is 0 Å². The zero-order valence-electron chi connectivity index (χ0n) is 9.54. The largest absolute Gasteiger partial charge is 0.395 e. The molecule has 3 nitrogen and oxygen atoms in total. The molecule has 0 aliphatic heterocycles. The fraction of sp³-hybridized carbons (Fsp3) is 0.500. The molecular weight excluding hydrogens is 207 g/mol. The third kappa shape index (κ3) is 3.89. The summed E-state index contributed by atoms with van der Waals surface area (Å²) in [6.45, 7) is 3.05. The third-order valence-electron chi connectivity index (χ3n) is 2.62. The van der Waals surface area contributed by atoms with Crippen molar-refractivity contribution in [1.82, 2.24) is 5.32 Å². The molecule has 0 heterocycles. The SMILES string of the molecule is CC(CN)(Cc1ccc(F)cc1)NCCO. The van der Waals surface area contributed by atoms with Crippen LogP contribution in [0.2, 0.25) is 0 Å². The van der Waals surface area contributed by atoms with E-state index >= 15 is 0 Å². The average Bonchev–Trinajstić information content (AvgIpc) is 2.30. The Morgan fingerprint density at radius 2 is 2.00 bits per heavy atom. The van der Waals surface area contributed by atoms with Gasteiger partial charge >= 0.3 is 0 Å². The van der Waals surface area contributed by atoms with Crippen molar-refractivity contribution in [2.24, 2.45) is 5.73 Å². The summed E-state index contributed by atoms with van der Waals surface area (Å²) in [7, 11) is 0. The van der Waals surface area contributed by atoms with Gasteiger partial charge in [0.2, 0.25) is 0 Å². The summed E-state index contributed by atoms with van der Waals surface area (Å²) in [6, 6.07) is 6.39. The number of β-amino-alcohol motifs (C(OH)–C–C–N with tert-alkyl or cyclic N) is 1. The van der Waals surface area contributed by atoms with E-state index in [-0.39, 0.29) is 18.0 Å². The number of rotatable bonds is 6. The fourth-order valence-electron chi connectivity index (χ4n) is 1.62. The topological polar surface area (TPSA) is 58.3 Å². The minimum absolute atomic E-state index is 0.0823. The highest BCUT2D eigenvalue weighted by Gasteiger charge is 2.21. The summed E-state index contributed by atoms with van der Waals surface area (Å²) < 4.78 is 12.7. The summed E-state index contributed by atoms with van der Waals surface area (Å²) in [5, 5.41) is 12.0. The first-order chi connectivity index (χ1) is 7.59. The maximum absolute atomic E-state index is 12.7. The zero-order chi connectivity index (χ0) is 12.0. The van der Waals surface area contributed by atoms with Crippen LogP contribution in [0.4, 0.5) is 4.39 Å². The van der Waals surface area contributed by atoms with Crippen molar-refractivity contribution in [3.05, 3.63) is 35.6 Å². The van der Waals surface area contributed by atoms with Crippen LogP contribution in [0.25, 0.3) is 0 Å². The van der Waals surface area contributed by atoms with Crippen molar-refractivity contribution in [2.75, 3.05) is 19.7 Å². The Bertz CT molecular complexity index is 315.